The third kappa shape index (κ3) is 7.05. The predicted molar refractivity (Wildman–Crippen MR) is 148 cm³/mol. The van der Waals surface area contributed by atoms with E-state index in [0.717, 1.165) is 16.5 Å². The predicted octanol–water partition coefficient (Wildman–Crippen LogP) is 3.57. The number of sulfonamides is 1. The minimum atomic E-state index is -4.05. The molecule has 40 heavy (non-hydrogen) atoms. The van der Waals surface area contributed by atoms with Gasteiger partial charge in [0.25, 0.3) is 5.91 Å². The standard InChI is InChI=1S/C29H28N4O6S/c1-3-38-29(35)27(33-40(36,37)24-10-7-19(2)8-11-24)17-31-28(34)26-15-22-14-23(9-12-25(22)32-26)39-18-21-6-4-5-20(13-21)16-30/h4-15,27,32-33H,3,17-18H2,1-2H3,(H,31,34)/t27-/m1/s1. The molecular weight excluding hydrogens is 532 g/mol. The molecule has 3 aromatic carbocycles. The quantitative estimate of drug-likeness (QED) is 0.237. The van der Waals surface area contributed by atoms with Crippen molar-refractivity contribution in [3.8, 4) is 11.8 Å². The summed E-state index contributed by atoms with van der Waals surface area (Å²) in [5.41, 5.74) is 3.19. The maximum Gasteiger partial charge on any atom is 0.326 e. The smallest absolute Gasteiger partial charge is 0.326 e. The largest absolute Gasteiger partial charge is 0.489 e. The third-order valence-corrected chi connectivity index (χ3v) is 7.45. The summed E-state index contributed by atoms with van der Waals surface area (Å²) in [5, 5.41) is 12.4. The molecule has 1 aromatic heterocycles. The summed E-state index contributed by atoms with van der Waals surface area (Å²) in [4.78, 5) is 28.4. The van der Waals surface area contributed by atoms with Crippen molar-refractivity contribution in [3.05, 3.63) is 95.2 Å². The van der Waals surface area contributed by atoms with Gasteiger partial charge in [0.2, 0.25) is 10.0 Å². The summed E-state index contributed by atoms with van der Waals surface area (Å²) in [6, 6.07) is 21.0. The summed E-state index contributed by atoms with van der Waals surface area (Å²) >= 11 is 0. The number of aromatic amines is 1. The first-order valence-electron chi connectivity index (χ1n) is 12.5. The van der Waals surface area contributed by atoms with Gasteiger partial charge in [0, 0.05) is 17.4 Å². The van der Waals surface area contributed by atoms with Crippen LogP contribution in [0.15, 0.2) is 77.7 Å². The molecule has 3 N–H and O–H groups in total. The second-order valence-electron chi connectivity index (χ2n) is 8.98. The molecule has 4 rings (SSSR count). The average Bonchev–Trinajstić information content (AvgIpc) is 3.38. The lowest BCUT2D eigenvalue weighted by Crippen LogP contribution is -2.49. The Labute approximate surface area is 232 Å². The zero-order valence-corrected chi connectivity index (χ0v) is 22.7. The number of amides is 1. The highest BCUT2D eigenvalue weighted by atomic mass is 32.2. The first-order chi connectivity index (χ1) is 19.2. The second kappa shape index (κ2) is 12.5. The number of carbonyl (C=O) groups is 2. The Morgan fingerprint density at radius 2 is 1.82 bits per heavy atom. The molecule has 11 heteroatoms. The number of carbonyl (C=O) groups excluding carboxylic acids is 2. The molecule has 0 bridgehead atoms. The van der Waals surface area contributed by atoms with Crippen molar-refractivity contribution in [1.82, 2.24) is 15.0 Å². The number of H-pyrrole nitrogens is 1. The molecule has 4 aromatic rings. The number of hydrogen-bond donors (Lipinski definition) is 3. The van der Waals surface area contributed by atoms with Gasteiger partial charge < -0.3 is 19.8 Å². The van der Waals surface area contributed by atoms with Gasteiger partial charge in [-0.1, -0.05) is 29.8 Å². The van der Waals surface area contributed by atoms with Crippen LogP contribution in [0.5, 0.6) is 5.75 Å². The number of esters is 1. The van der Waals surface area contributed by atoms with E-state index >= 15 is 0 Å². The van der Waals surface area contributed by atoms with E-state index in [1.165, 1.54) is 12.1 Å². The monoisotopic (exact) mass is 560 g/mol. The number of benzene rings is 3. The highest BCUT2D eigenvalue weighted by Gasteiger charge is 2.27. The Morgan fingerprint density at radius 3 is 2.55 bits per heavy atom. The van der Waals surface area contributed by atoms with Crippen LogP contribution in [-0.4, -0.2) is 44.5 Å². The van der Waals surface area contributed by atoms with Crippen molar-refractivity contribution >= 4 is 32.8 Å². The van der Waals surface area contributed by atoms with Gasteiger partial charge >= 0.3 is 5.97 Å². The SMILES string of the molecule is CCOC(=O)[C@@H](CNC(=O)c1cc2cc(OCc3cccc(C#N)c3)ccc2[nH]1)NS(=O)(=O)c1ccc(C)cc1. The van der Waals surface area contributed by atoms with Crippen LogP contribution in [0.1, 0.15) is 34.1 Å². The molecule has 1 atom stereocenters. The van der Waals surface area contributed by atoms with E-state index < -0.39 is 27.9 Å². The number of ether oxygens (including phenoxy) is 2. The maximum atomic E-state index is 12.9. The second-order valence-corrected chi connectivity index (χ2v) is 10.7. The van der Waals surface area contributed by atoms with Gasteiger partial charge in [0.05, 0.1) is 23.1 Å². The van der Waals surface area contributed by atoms with Crippen LogP contribution < -0.4 is 14.8 Å². The number of aryl methyl sites for hydroxylation is 1. The maximum absolute atomic E-state index is 12.9. The summed E-state index contributed by atoms with van der Waals surface area (Å²) in [6.07, 6.45) is 0. The number of rotatable bonds is 11. The van der Waals surface area contributed by atoms with Crippen molar-refractivity contribution in [2.75, 3.05) is 13.2 Å². The van der Waals surface area contributed by atoms with E-state index in [2.05, 4.69) is 21.1 Å². The normalized spacial score (nSPS) is 11.9. The molecule has 1 heterocycles. The molecule has 0 radical (unpaired) electrons. The van der Waals surface area contributed by atoms with E-state index in [1.54, 1.807) is 61.5 Å². The highest BCUT2D eigenvalue weighted by molar-refractivity contribution is 7.89. The molecular formula is C29H28N4O6S. The van der Waals surface area contributed by atoms with Gasteiger partial charge in [0.15, 0.2) is 0 Å². The third-order valence-electron chi connectivity index (χ3n) is 5.96. The topological polar surface area (TPSA) is 150 Å². The molecule has 0 saturated heterocycles. The molecule has 206 valence electrons. The number of fused-ring (bicyclic) bond motifs is 1. The molecule has 10 nitrogen and oxygen atoms in total. The van der Waals surface area contributed by atoms with Crippen molar-refractivity contribution in [1.29, 1.82) is 5.26 Å². The Hall–Kier alpha value is -4.66. The number of nitrogens with one attached hydrogen (secondary N) is 3. The van der Waals surface area contributed by atoms with Gasteiger partial charge in [-0.2, -0.15) is 9.98 Å². The Morgan fingerprint density at radius 1 is 1.05 bits per heavy atom. The summed E-state index contributed by atoms with van der Waals surface area (Å²) in [7, 11) is -4.05. The van der Waals surface area contributed by atoms with Gasteiger partial charge in [-0.25, -0.2) is 8.42 Å². The summed E-state index contributed by atoms with van der Waals surface area (Å²) < 4.78 is 38.9. The van der Waals surface area contributed by atoms with E-state index in [1.807, 2.05) is 13.0 Å². The first-order valence-corrected chi connectivity index (χ1v) is 14.0. The van der Waals surface area contributed by atoms with Crippen LogP contribution >= 0.6 is 0 Å². The Kier molecular flexibility index (Phi) is 8.83. The Balaban J connectivity index is 1.43. The molecule has 0 aliphatic rings. The van der Waals surface area contributed by atoms with E-state index in [-0.39, 0.29) is 30.3 Å². The minimum Gasteiger partial charge on any atom is -0.489 e. The van der Waals surface area contributed by atoms with Crippen LogP contribution in [0.25, 0.3) is 10.9 Å². The molecule has 0 spiro atoms. The van der Waals surface area contributed by atoms with Crippen LogP contribution in [-0.2, 0) is 26.2 Å². The molecule has 0 aliphatic carbocycles. The number of nitriles is 1. The van der Waals surface area contributed by atoms with Crippen LogP contribution in [0.2, 0.25) is 0 Å². The van der Waals surface area contributed by atoms with Crippen LogP contribution in [0.4, 0.5) is 0 Å². The Bertz CT molecular complexity index is 1670. The first kappa shape index (κ1) is 28.4. The lowest BCUT2D eigenvalue weighted by Gasteiger charge is -2.18. The van der Waals surface area contributed by atoms with Crippen molar-refractivity contribution < 1.29 is 27.5 Å². The number of nitrogens with zero attached hydrogens (tertiary/aromatic N) is 1. The fraction of sp³-hybridized carbons (Fsp3) is 0.207. The fourth-order valence-corrected chi connectivity index (χ4v) is 5.08. The zero-order valence-electron chi connectivity index (χ0n) is 21.9. The molecule has 0 aliphatic heterocycles. The lowest BCUT2D eigenvalue weighted by molar-refractivity contribution is -0.144. The van der Waals surface area contributed by atoms with Gasteiger partial charge in [-0.15, -0.1) is 0 Å². The number of hydrogen-bond acceptors (Lipinski definition) is 7. The van der Waals surface area contributed by atoms with Gasteiger partial charge in [-0.05, 0) is 67.9 Å². The molecule has 1 amide bonds. The van der Waals surface area contributed by atoms with E-state index in [9.17, 15) is 18.0 Å². The highest BCUT2D eigenvalue weighted by Crippen LogP contribution is 2.23. The van der Waals surface area contributed by atoms with Crippen LogP contribution in [0.3, 0.4) is 0 Å². The van der Waals surface area contributed by atoms with Crippen molar-refractivity contribution in [2.45, 2.75) is 31.4 Å². The van der Waals surface area contributed by atoms with Gasteiger partial charge in [-0.3, -0.25) is 9.59 Å². The fourth-order valence-electron chi connectivity index (χ4n) is 3.90. The van der Waals surface area contributed by atoms with Crippen LogP contribution in [0, 0.1) is 18.3 Å². The van der Waals surface area contributed by atoms with E-state index in [4.69, 9.17) is 14.7 Å². The zero-order chi connectivity index (χ0) is 28.7. The minimum absolute atomic E-state index is 0.00914. The molecule has 0 fully saturated rings. The van der Waals surface area contributed by atoms with E-state index in [0.29, 0.717) is 16.8 Å². The lowest BCUT2D eigenvalue weighted by atomic mass is 10.1. The summed E-state index contributed by atoms with van der Waals surface area (Å²) in [5.74, 6) is -0.762. The molecule has 0 unspecified atom stereocenters. The molecule has 0 saturated carbocycles. The van der Waals surface area contributed by atoms with Crippen molar-refractivity contribution in [2.24, 2.45) is 0 Å². The van der Waals surface area contributed by atoms with Gasteiger partial charge in [0.1, 0.15) is 24.1 Å². The summed E-state index contributed by atoms with van der Waals surface area (Å²) in [6.45, 7) is 3.43. The number of aromatic nitrogens is 1. The van der Waals surface area contributed by atoms with Crippen molar-refractivity contribution in [3.63, 3.8) is 0 Å². The average molecular weight is 561 g/mol.